The summed E-state index contributed by atoms with van der Waals surface area (Å²) in [5.41, 5.74) is 13.8. The summed E-state index contributed by atoms with van der Waals surface area (Å²) in [7, 11) is 2.23. The van der Waals surface area contributed by atoms with Gasteiger partial charge in [0.2, 0.25) is 0 Å². The molecule has 0 aromatic heterocycles. The number of rotatable bonds is 7. The molecule has 0 aliphatic rings. The second kappa shape index (κ2) is 7.59. The number of alkyl halides is 1. The summed E-state index contributed by atoms with van der Waals surface area (Å²) in [5.74, 6) is 0. The smallest absolute Gasteiger partial charge is 0.115 e. The van der Waals surface area contributed by atoms with Gasteiger partial charge in [-0.15, -0.1) is 0 Å². The molecule has 0 fully saturated rings. The zero-order chi connectivity index (χ0) is 12.7. The fourth-order valence-electron chi connectivity index (χ4n) is 1.72. The second-order valence-corrected chi connectivity index (χ2v) is 4.32. The summed E-state index contributed by atoms with van der Waals surface area (Å²) in [5, 5.41) is 0. The standard InChI is InChI=1S/C12H20FN2OP/c13-7-9-4-5-12(15)10(6-9)2-1-3-11(8-14)16-17/h4-6,11H,1-3,7-8,14-15,17H2/t11-/m1/s1. The van der Waals surface area contributed by atoms with E-state index in [9.17, 15) is 4.39 Å². The van der Waals surface area contributed by atoms with E-state index in [4.69, 9.17) is 16.0 Å². The molecule has 0 amide bonds. The van der Waals surface area contributed by atoms with Gasteiger partial charge in [0.25, 0.3) is 0 Å². The summed E-state index contributed by atoms with van der Waals surface area (Å²) < 4.78 is 17.6. The molecule has 0 bridgehead atoms. The summed E-state index contributed by atoms with van der Waals surface area (Å²) in [4.78, 5) is 0. The van der Waals surface area contributed by atoms with Crippen molar-refractivity contribution in [2.45, 2.75) is 32.0 Å². The number of hydrogen-bond acceptors (Lipinski definition) is 3. The van der Waals surface area contributed by atoms with Gasteiger partial charge in [-0.05, 0) is 36.5 Å². The zero-order valence-electron chi connectivity index (χ0n) is 9.86. The Morgan fingerprint density at radius 2 is 2.18 bits per heavy atom. The molecule has 0 spiro atoms. The highest BCUT2D eigenvalue weighted by Gasteiger charge is 2.06. The van der Waals surface area contributed by atoms with Crippen LogP contribution in [0.15, 0.2) is 18.2 Å². The Labute approximate surface area is 104 Å². The van der Waals surface area contributed by atoms with Crippen molar-refractivity contribution in [3.63, 3.8) is 0 Å². The van der Waals surface area contributed by atoms with E-state index in [0.717, 1.165) is 30.5 Å². The van der Waals surface area contributed by atoms with Gasteiger partial charge < -0.3 is 16.0 Å². The molecule has 0 saturated heterocycles. The Morgan fingerprint density at radius 1 is 1.41 bits per heavy atom. The minimum atomic E-state index is -0.451. The number of halogens is 1. The van der Waals surface area contributed by atoms with Gasteiger partial charge in [-0.1, -0.05) is 12.1 Å². The number of nitrogens with two attached hydrogens (primary N) is 2. The molecule has 0 aliphatic carbocycles. The van der Waals surface area contributed by atoms with Crippen molar-refractivity contribution in [2.75, 3.05) is 12.3 Å². The van der Waals surface area contributed by atoms with E-state index < -0.39 is 6.67 Å². The molecule has 5 heteroatoms. The van der Waals surface area contributed by atoms with E-state index in [1.54, 1.807) is 12.1 Å². The Morgan fingerprint density at radius 3 is 2.76 bits per heavy atom. The number of nitrogen functional groups attached to an aromatic ring is 1. The minimum absolute atomic E-state index is 0.0607. The molecule has 1 aromatic rings. The fourth-order valence-corrected chi connectivity index (χ4v) is 1.97. The van der Waals surface area contributed by atoms with Crippen LogP contribution in [0, 0.1) is 0 Å². The van der Waals surface area contributed by atoms with E-state index in [1.807, 2.05) is 6.07 Å². The summed E-state index contributed by atoms with van der Waals surface area (Å²) >= 11 is 0. The van der Waals surface area contributed by atoms with Gasteiger partial charge >= 0.3 is 0 Å². The number of aryl methyl sites for hydroxylation is 1. The Kier molecular flexibility index (Phi) is 6.41. The van der Waals surface area contributed by atoms with Crippen LogP contribution in [0.2, 0.25) is 0 Å². The third-order valence-electron chi connectivity index (χ3n) is 2.79. The summed E-state index contributed by atoms with van der Waals surface area (Å²) in [6, 6.07) is 5.30. The predicted molar refractivity (Wildman–Crippen MR) is 72.2 cm³/mol. The summed E-state index contributed by atoms with van der Waals surface area (Å²) in [6.45, 7) is 0.0525. The monoisotopic (exact) mass is 258 g/mol. The summed E-state index contributed by atoms with van der Waals surface area (Å²) in [6.07, 6.45) is 2.69. The van der Waals surface area contributed by atoms with Crippen LogP contribution >= 0.6 is 9.47 Å². The van der Waals surface area contributed by atoms with Crippen LogP contribution in [-0.4, -0.2) is 12.6 Å². The van der Waals surface area contributed by atoms with Crippen molar-refractivity contribution in [1.82, 2.24) is 0 Å². The van der Waals surface area contributed by atoms with Crippen LogP contribution in [0.4, 0.5) is 10.1 Å². The molecule has 0 heterocycles. The topological polar surface area (TPSA) is 61.3 Å². The normalized spacial score (nSPS) is 12.6. The highest BCUT2D eigenvalue weighted by atomic mass is 31.0. The van der Waals surface area contributed by atoms with E-state index >= 15 is 0 Å². The van der Waals surface area contributed by atoms with E-state index in [1.165, 1.54) is 0 Å². The molecular weight excluding hydrogens is 238 g/mol. The highest BCUT2D eigenvalue weighted by Crippen LogP contribution is 2.18. The first-order valence-electron chi connectivity index (χ1n) is 5.70. The van der Waals surface area contributed by atoms with Gasteiger partial charge in [-0.3, -0.25) is 0 Å². The third-order valence-corrected chi connectivity index (χ3v) is 3.17. The lowest BCUT2D eigenvalue weighted by molar-refractivity contribution is 0.232. The molecule has 0 aliphatic heterocycles. The molecule has 0 radical (unpaired) electrons. The van der Waals surface area contributed by atoms with Crippen LogP contribution in [0.5, 0.6) is 0 Å². The molecule has 1 rings (SSSR count). The molecular formula is C12H20FN2OP. The first-order chi connectivity index (χ1) is 8.21. The van der Waals surface area contributed by atoms with E-state index in [-0.39, 0.29) is 6.10 Å². The van der Waals surface area contributed by atoms with E-state index in [2.05, 4.69) is 9.47 Å². The van der Waals surface area contributed by atoms with Gasteiger partial charge in [0.1, 0.15) is 6.67 Å². The minimum Gasteiger partial charge on any atom is -0.399 e. The average molecular weight is 258 g/mol. The second-order valence-electron chi connectivity index (χ2n) is 4.05. The van der Waals surface area contributed by atoms with Crippen LogP contribution in [0.25, 0.3) is 0 Å². The van der Waals surface area contributed by atoms with Crippen LogP contribution in [0.3, 0.4) is 0 Å². The lowest BCUT2D eigenvalue weighted by Gasteiger charge is -2.13. The molecule has 3 nitrogen and oxygen atoms in total. The van der Waals surface area contributed by atoms with Crippen LogP contribution in [-0.2, 0) is 17.6 Å². The van der Waals surface area contributed by atoms with Gasteiger partial charge in [0, 0.05) is 21.7 Å². The van der Waals surface area contributed by atoms with Crippen molar-refractivity contribution >= 4 is 15.2 Å². The average Bonchev–Trinajstić information content (AvgIpc) is 2.36. The highest BCUT2D eigenvalue weighted by molar-refractivity contribution is 7.09. The van der Waals surface area contributed by atoms with E-state index in [0.29, 0.717) is 12.1 Å². The maximum absolute atomic E-state index is 12.5. The van der Waals surface area contributed by atoms with Crippen LogP contribution < -0.4 is 11.5 Å². The van der Waals surface area contributed by atoms with Crippen molar-refractivity contribution < 1.29 is 8.91 Å². The van der Waals surface area contributed by atoms with Crippen molar-refractivity contribution in [2.24, 2.45) is 5.73 Å². The van der Waals surface area contributed by atoms with Crippen molar-refractivity contribution in [3.05, 3.63) is 29.3 Å². The first kappa shape index (κ1) is 14.4. The van der Waals surface area contributed by atoms with Gasteiger partial charge in [-0.2, -0.15) is 0 Å². The Hall–Kier alpha value is -0.700. The number of benzene rings is 1. The number of hydrogen-bond donors (Lipinski definition) is 2. The molecule has 1 unspecified atom stereocenters. The zero-order valence-corrected chi connectivity index (χ0v) is 11.0. The Balaban J connectivity index is 2.50. The third kappa shape index (κ3) is 4.58. The van der Waals surface area contributed by atoms with Gasteiger partial charge in [0.15, 0.2) is 0 Å². The van der Waals surface area contributed by atoms with Crippen LogP contribution in [0.1, 0.15) is 24.0 Å². The lowest BCUT2D eigenvalue weighted by atomic mass is 10.0. The fraction of sp³-hybridized carbons (Fsp3) is 0.500. The number of anilines is 1. The Bertz CT molecular complexity index is 345. The molecule has 4 N–H and O–H groups in total. The van der Waals surface area contributed by atoms with Gasteiger partial charge in [-0.25, -0.2) is 4.39 Å². The molecule has 17 heavy (non-hydrogen) atoms. The largest absolute Gasteiger partial charge is 0.399 e. The SMILES string of the molecule is NC[C@@H](CCCc1cc(CF)ccc1N)OP. The van der Waals surface area contributed by atoms with Crippen molar-refractivity contribution in [1.29, 1.82) is 0 Å². The van der Waals surface area contributed by atoms with Gasteiger partial charge in [0.05, 0.1) is 6.10 Å². The molecule has 2 atom stereocenters. The predicted octanol–water partition coefficient (Wildman–Crippen LogP) is 2.20. The quantitative estimate of drug-likeness (QED) is 0.582. The lowest BCUT2D eigenvalue weighted by Crippen LogP contribution is -2.20. The van der Waals surface area contributed by atoms with Crippen molar-refractivity contribution in [3.8, 4) is 0 Å². The maximum Gasteiger partial charge on any atom is 0.115 e. The first-order valence-corrected chi connectivity index (χ1v) is 6.17. The molecule has 96 valence electrons. The molecule has 0 saturated carbocycles. The molecule has 1 aromatic carbocycles. The maximum atomic E-state index is 12.5.